The third-order valence-corrected chi connectivity index (χ3v) is 5.93. The van der Waals surface area contributed by atoms with E-state index >= 15 is 0 Å². The summed E-state index contributed by atoms with van der Waals surface area (Å²) in [6.45, 7) is 1.41. The number of benzene rings is 2. The lowest BCUT2D eigenvalue weighted by atomic mass is 10.1. The first-order valence-electron chi connectivity index (χ1n) is 10.7. The normalized spacial score (nSPS) is 15.5. The molecular formula is C24H20F3N5O2. The Bertz CT molecular complexity index is 1450. The van der Waals surface area contributed by atoms with E-state index in [9.17, 15) is 22.8 Å². The Hall–Kier alpha value is -3.95. The molecule has 1 N–H and O–H groups in total. The van der Waals surface area contributed by atoms with Gasteiger partial charge in [0.25, 0.3) is 0 Å². The minimum Gasteiger partial charge on any atom is -0.348 e. The first-order valence-corrected chi connectivity index (χ1v) is 10.7. The van der Waals surface area contributed by atoms with Gasteiger partial charge < -0.3 is 5.32 Å². The Morgan fingerprint density at radius 1 is 1.15 bits per heavy atom. The van der Waals surface area contributed by atoms with Gasteiger partial charge in [0.05, 0.1) is 11.6 Å². The van der Waals surface area contributed by atoms with Crippen molar-refractivity contribution in [3.05, 3.63) is 87.5 Å². The number of carbonyl (C=O) groups is 1. The van der Waals surface area contributed by atoms with Crippen LogP contribution in [0.5, 0.6) is 0 Å². The Labute approximate surface area is 191 Å². The number of nitrogens with one attached hydrogen (secondary N) is 1. The second-order valence-corrected chi connectivity index (χ2v) is 8.29. The van der Waals surface area contributed by atoms with Crippen LogP contribution in [0.1, 0.15) is 34.8 Å². The van der Waals surface area contributed by atoms with Crippen LogP contribution in [-0.4, -0.2) is 25.1 Å². The summed E-state index contributed by atoms with van der Waals surface area (Å²) in [5.74, 6) is -0.196. The number of carbonyl (C=O) groups excluding carboxylic acids is 1. The number of nitrogens with zero attached hydrogens (tertiary/aromatic N) is 4. The number of aryl methyl sites for hydroxylation is 2. The predicted molar refractivity (Wildman–Crippen MR) is 118 cm³/mol. The summed E-state index contributed by atoms with van der Waals surface area (Å²) in [6.07, 6.45) is -2.81. The Balaban J connectivity index is 1.44. The summed E-state index contributed by atoms with van der Waals surface area (Å²) < 4.78 is 41.0. The third kappa shape index (κ3) is 3.95. The van der Waals surface area contributed by atoms with E-state index in [1.165, 1.54) is 22.1 Å². The molecule has 2 aromatic carbocycles. The van der Waals surface area contributed by atoms with Crippen LogP contribution in [0.15, 0.2) is 59.4 Å². The molecular weight excluding hydrogens is 447 g/mol. The SMILES string of the molecule is Cc1cc2nn(CC(=O)N[C@@H]3CCc4ccccc43)c(=O)n2c(-c2ccc(C(F)(F)F)cc2)n1. The molecule has 1 atom stereocenters. The maximum absolute atomic E-state index is 13.1. The maximum atomic E-state index is 13.1. The van der Waals surface area contributed by atoms with Crippen LogP contribution in [0.25, 0.3) is 17.0 Å². The average Bonchev–Trinajstić information content (AvgIpc) is 3.33. The zero-order valence-corrected chi connectivity index (χ0v) is 18.1. The van der Waals surface area contributed by atoms with E-state index in [0.29, 0.717) is 11.3 Å². The highest BCUT2D eigenvalue weighted by atomic mass is 19.4. The summed E-state index contributed by atoms with van der Waals surface area (Å²) in [5.41, 5.74) is 1.99. The van der Waals surface area contributed by atoms with E-state index in [1.807, 2.05) is 24.3 Å². The van der Waals surface area contributed by atoms with E-state index in [0.717, 1.165) is 35.2 Å². The zero-order chi connectivity index (χ0) is 24.0. The Morgan fingerprint density at radius 2 is 1.88 bits per heavy atom. The molecule has 0 spiro atoms. The number of hydrogen-bond acceptors (Lipinski definition) is 4. The van der Waals surface area contributed by atoms with Crippen LogP contribution in [-0.2, 0) is 23.9 Å². The van der Waals surface area contributed by atoms with Crippen LogP contribution >= 0.6 is 0 Å². The molecule has 2 aromatic heterocycles. The van der Waals surface area contributed by atoms with Gasteiger partial charge in [-0.2, -0.15) is 13.2 Å². The van der Waals surface area contributed by atoms with E-state index in [2.05, 4.69) is 15.4 Å². The zero-order valence-electron chi connectivity index (χ0n) is 18.1. The molecule has 34 heavy (non-hydrogen) atoms. The highest BCUT2D eigenvalue weighted by molar-refractivity contribution is 5.76. The fourth-order valence-corrected chi connectivity index (χ4v) is 4.34. The second-order valence-electron chi connectivity index (χ2n) is 8.29. The number of rotatable bonds is 4. The average molecular weight is 467 g/mol. The van der Waals surface area contributed by atoms with Gasteiger partial charge in [-0.15, -0.1) is 5.10 Å². The van der Waals surface area contributed by atoms with Crippen molar-refractivity contribution in [1.82, 2.24) is 24.5 Å². The van der Waals surface area contributed by atoms with E-state index < -0.39 is 17.4 Å². The lowest BCUT2D eigenvalue weighted by Crippen LogP contribution is -2.34. The molecule has 0 fully saturated rings. The van der Waals surface area contributed by atoms with Gasteiger partial charge >= 0.3 is 11.9 Å². The minimum atomic E-state index is -4.47. The fraction of sp³-hybridized carbons (Fsp3) is 0.250. The molecule has 174 valence electrons. The summed E-state index contributed by atoms with van der Waals surface area (Å²) in [4.78, 5) is 30.2. The summed E-state index contributed by atoms with van der Waals surface area (Å²) >= 11 is 0. The second kappa shape index (κ2) is 8.12. The molecule has 5 rings (SSSR count). The minimum absolute atomic E-state index is 0.122. The predicted octanol–water partition coefficient (Wildman–Crippen LogP) is 3.69. The Kier molecular flexibility index (Phi) is 5.22. The summed E-state index contributed by atoms with van der Waals surface area (Å²) in [5, 5.41) is 7.22. The monoisotopic (exact) mass is 467 g/mol. The molecule has 0 saturated carbocycles. The van der Waals surface area contributed by atoms with Crippen LogP contribution in [0.3, 0.4) is 0 Å². The number of alkyl halides is 3. The van der Waals surface area contributed by atoms with Crippen molar-refractivity contribution in [2.24, 2.45) is 0 Å². The maximum Gasteiger partial charge on any atom is 0.416 e. The van der Waals surface area contributed by atoms with Crippen molar-refractivity contribution >= 4 is 11.6 Å². The number of hydrogen-bond donors (Lipinski definition) is 1. The lowest BCUT2D eigenvalue weighted by Gasteiger charge is -2.13. The molecule has 1 aliphatic rings. The standard InChI is InChI=1S/C24H20F3N5O2/c1-14-12-20-30-31(13-21(33)29-19-11-8-15-4-2-3-5-18(15)19)23(34)32(20)22(28-14)16-6-9-17(10-7-16)24(25,26)27/h2-7,9-10,12,19H,8,11,13H2,1H3,(H,29,33)/t19-/m1/s1. The molecule has 1 amide bonds. The number of aromatic nitrogens is 4. The molecule has 0 bridgehead atoms. The van der Waals surface area contributed by atoms with Gasteiger partial charge in [0.2, 0.25) is 5.91 Å². The van der Waals surface area contributed by atoms with Crippen LogP contribution < -0.4 is 11.0 Å². The highest BCUT2D eigenvalue weighted by Crippen LogP contribution is 2.31. The topological polar surface area (TPSA) is 81.3 Å². The van der Waals surface area contributed by atoms with Gasteiger partial charge in [0.1, 0.15) is 12.4 Å². The van der Waals surface area contributed by atoms with Crippen LogP contribution in [0, 0.1) is 6.92 Å². The van der Waals surface area contributed by atoms with Crippen molar-refractivity contribution in [3.63, 3.8) is 0 Å². The smallest absolute Gasteiger partial charge is 0.348 e. The van der Waals surface area contributed by atoms with Gasteiger partial charge in [-0.3, -0.25) is 4.79 Å². The molecule has 2 heterocycles. The highest BCUT2D eigenvalue weighted by Gasteiger charge is 2.30. The molecule has 0 saturated heterocycles. The molecule has 0 aliphatic heterocycles. The molecule has 4 aromatic rings. The third-order valence-electron chi connectivity index (χ3n) is 5.93. The molecule has 10 heteroatoms. The van der Waals surface area contributed by atoms with E-state index in [4.69, 9.17) is 0 Å². The van der Waals surface area contributed by atoms with Crippen molar-refractivity contribution in [1.29, 1.82) is 0 Å². The summed E-state index contributed by atoms with van der Waals surface area (Å²) in [6, 6.07) is 13.8. The first kappa shape index (κ1) is 21.9. The Morgan fingerprint density at radius 3 is 2.62 bits per heavy atom. The van der Waals surface area contributed by atoms with Gasteiger partial charge in [-0.1, -0.05) is 36.4 Å². The molecule has 0 unspecified atom stereocenters. The van der Waals surface area contributed by atoms with E-state index in [1.54, 1.807) is 13.0 Å². The van der Waals surface area contributed by atoms with Gasteiger partial charge in [-0.05, 0) is 43.0 Å². The van der Waals surface area contributed by atoms with Gasteiger partial charge in [0.15, 0.2) is 5.65 Å². The van der Waals surface area contributed by atoms with Crippen molar-refractivity contribution in [3.8, 4) is 11.4 Å². The van der Waals surface area contributed by atoms with Crippen LogP contribution in [0.2, 0.25) is 0 Å². The quantitative estimate of drug-likeness (QED) is 0.497. The van der Waals surface area contributed by atoms with Gasteiger partial charge in [0, 0.05) is 17.3 Å². The van der Waals surface area contributed by atoms with Crippen molar-refractivity contribution < 1.29 is 18.0 Å². The number of fused-ring (bicyclic) bond motifs is 2. The molecule has 0 radical (unpaired) electrons. The molecule has 7 nitrogen and oxygen atoms in total. The first-order chi connectivity index (χ1) is 16.2. The largest absolute Gasteiger partial charge is 0.416 e. The van der Waals surface area contributed by atoms with E-state index in [-0.39, 0.29) is 30.0 Å². The van der Waals surface area contributed by atoms with Crippen LogP contribution in [0.4, 0.5) is 13.2 Å². The number of halogens is 3. The summed E-state index contributed by atoms with van der Waals surface area (Å²) in [7, 11) is 0. The number of amides is 1. The molecule has 1 aliphatic carbocycles. The fourth-order valence-electron chi connectivity index (χ4n) is 4.34. The van der Waals surface area contributed by atoms with Crippen molar-refractivity contribution in [2.75, 3.05) is 0 Å². The van der Waals surface area contributed by atoms with Crippen molar-refractivity contribution in [2.45, 2.75) is 38.5 Å². The van der Waals surface area contributed by atoms with Gasteiger partial charge in [-0.25, -0.2) is 18.9 Å². The lowest BCUT2D eigenvalue weighted by molar-refractivity contribution is -0.137.